The van der Waals surface area contributed by atoms with Gasteiger partial charge < -0.3 is 5.32 Å². The van der Waals surface area contributed by atoms with Gasteiger partial charge in [0.05, 0.1) is 4.90 Å². The Kier molecular flexibility index (Phi) is 7.36. The Morgan fingerprint density at radius 3 is 2.31 bits per heavy atom. The molecule has 0 radical (unpaired) electrons. The summed E-state index contributed by atoms with van der Waals surface area (Å²) in [6.45, 7) is 4.85. The van der Waals surface area contributed by atoms with Gasteiger partial charge in [-0.3, -0.25) is 4.79 Å². The van der Waals surface area contributed by atoms with Gasteiger partial charge in [0.25, 0.3) is 0 Å². The number of sulfonamides is 1. The second-order valence-electron chi connectivity index (χ2n) is 6.15. The summed E-state index contributed by atoms with van der Waals surface area (Å²) in [5.74, 6) is -0.140. The second kappa shape index (κ2) is 9.50. The summed E-state index contributed by atoms with van der Waals surface area (Å²) >= 11 is 0. The molecular weight excluding hydrogens is 348 g/mol. The van der Waals surface area contributed by atoms with Gasteiger partial charge in [0.1, 0.15) is 0 Å². The molecule has 26 heavy (non-hydrogen) atoms. The minimum Gasteiger partial charge on any atom is -0.356 e. The number of nitrogens with zero attached hydrogens (tertiary/aromatic N) is 1. The molecule has 1 N–H and O–H groups in total. The molecule has 0 aromatic heterocycles. The molecule has 0 unspecified atom stereocenters. The summed E-state index contributed by atoms with van der Waals surface area (Å²) in [7, 11) is -3.56. The van der Waals surface area contributed by atoms with E-state index in [1.165, 1.54) is 9.87 Å². The summed E-state index contributed by atoms with van der Waals surface area (Å²) < 4.78 is 26.5. The molecule has 2 aromatic carbocycles. The fraction of sp³-hybridized carbons (Fsp3) is 0.350. The van der Waals surface area contributed by atoms with E-state index in [1.807, 2.05) is 31.2 Å². The quantitative estimate of drug-likeness (QED) is 0.734. The van der Waals surface area contributed by atoms with Crippen molar-refractivity contribution >= 4 is 15.9 Å². The van der Waals surface area contributed by atoms with Crippen molar-refractivity contribution in [2.75, 3.05) is 19.6 Å². The lowest BCUT2D eigenvalue weighted by atomic mass is 10.1. The number of aryl methyl sites for hydroxylation is 1. The number of nitrogens with one attached hydrogen (secondary N) is 1. The van der Waals surface area contributed by atoms with Crippen LogP contribution in [0.3, 0.4) is 0 Å². The standard InChI is InChI=1S/C20H26N2O3S/c1-3-22(26(24,25)19-7-5-4-6-8-19)16-14-20(23)21-15-13-18-11-9-17(2)10-12-18/h4-12H,3,13-16H2,1-2H3,(H,21,23). The zero-order valence-corrected chi connectivity index (χ0v) is 16.1. The minimum atomic E-state index is -3.56. The first-order chi connectivity index (χ1) is 12.4. The number of rotatable bonds is 9. The van der Waals surface area contributed by atoms with Gasteiger partial charge in [-0.15, -0.1) is 0 Å². The molecule has 6 heteroatoms. The zero-order chi connectivity index (χ0) is 19.0. The van der Waals surface area contributed by atoms with Gasteiger partial charge >= 0.3 is 0 Å². The Bertz CT molecular complexity index is 803. The third kappa shape index (κ3) is 5.68. The Morgan fingerprint density at radius 2 is 1.69 bits per heavy atom. The van der Waals surface area contributed by atoms with E-state index in [9.17, 15) is 13.2 Å². The molecule has 0 aliphatic rings. The number of carbonyl (C=O) groups excluding carboxylic acids is 1. The Labute approximate surface area is 156 Å². The maximum absolute atomic E-state index is 12.6. The van der Waals surface area contributed by atoms with Crippen LogP contribution < -0.4 is 5.32 Å². The molecule has 0 fully saturated rings. The van der Waals surface area contributed by atoms with Crippen molar-refractivity contribution in [2.24, 2.45) is 0 Å². The summed E-state index contributed by atoms with van der Waals surface area (Å²) in [6.07, 6.45) is 0.902. The fourth-order valence-electron chi connectivity index (χ4n) is 2.61. The van der Waals surface area contributed by atoms with Crippen molar-refractivity contribution in [3.8, 4) is 0 Å². The van der Waals surface area contributed by atoms with Crippen molar-refractivity contribution in [1.82, 2.24) is 9.62 Å². The molecule has 0 atom stereocenters. The Hall–Kier alpha value is -2.18. The fourth-order valence-corrected chi connectivity index (χ4v) is 4.08. The average molecular weight is 375 g/mol. The highest BCUT2D eigenvalue weighted by molar-refractivity contribution is 7.89. The topological polar surface area (TPSA) is 66.5 Å². The van der Waals surface area contributed by atoms with Gasteiger partial charge in [-0.05, 0) is 31.0 Å². The minimum absolute atomic E-state index is 0.140. The summed E-state index contributed by atoms with van der Waals surface area (Å²) in [4.78, 5) is 12.3. The number of hydrogen-bond donors (Lipinski definition) is 1. The van der Waals surface area contributed by atoms with E-state index >= 15 is 0 Å². The third-order valence-electron chi connectivity index (χ3n) is 4.18. The van der Waals surface area contributed by atoms with E-state index in [0.29, 0.717) is 13.1 Å². The van der Waals surface area contributed by atoms with Crippen LogP contribution in [0.15, 0.2) is 59.5 Å². The van der Waals surface area contributed by atoms with Gasteiger partial charge in [0.15, 0.2) is 0 Å². The van der Waals surface area contributed by atoms with Crippen molar-refractivity contribution in [1.29, 1.82) is 0 Å². The average Bonchev–Trinajstić information content (AvgIpc) is 2.64. The van der Waals surface area contributed by atoms with E-state index in [4.69, 9.17) is 0 Å². The van der Waals surface area contributed by atoms with Crippen LogP contribution in [0.2, 0.25) is 0 Å². The first kappa shape index (κ1) is 20.1. The van der Waals surface area contributed by atoms with Crippen LogP contribution in [0.1, 0.15) is 24.5 Å². The summed E-state index contributed by atoms with van der Waals surface area (Å²) in [6, 6.07) is 16.5. The highest BCUT2D eigenvalue weighted by Gasteiger charge is 2.23. The molecule has 2 aromatic rings. The lowest BCUT2D eigenvalue weighted by Gasteiger charge is -2.20. The van der Waals surface area contributed by atoms with Gasteiger partial charge in [-0.25, -0.2) is 8.42 Å². The van der Waals surface area contributed by atoms with Crippen molar-refractivity contribution in [3.05, 3.63) is 65.7 Å². The van der Waals surface area contributed by atoms with E-state index in [2.05, 4.69) is 5.32 Å². The Balaban J connectivity index is 1.82. The largest absolute Gasteiger partial charge is 0.356 e. The predicted molar refractivity (Wildman–Crippen MR) is 103 cm³/mol. The molecule has 5 nitrogen and oxygen atoms in total. The number of amides is 1. The van der Waals surface area contributed by atoms with E-state index in [-0.39, 0.29) is 23.8 Å². The van der Waals surface area contributed by atoms with Crippen LogP contribution in [-0.2, 0) is 21.2 Å². The maximum atomic E-state index is 12.6. The highest BCUT2D eigenvalue weighted by Crippen LogP contribution is 2.15. The van der Waals surface area contributed by atoms with Crippen LogP contribution in [0.25, 0.3) is 0 Å². The molecule has 0 saturated heterocycles. The van der Waals surface area contributed by atoms with Crippen LogP contribution >= 0.6 is 0 Å². The third-order valence-corrected chi connectivity index (χ3v) is 6.17. The number of hydrogen-bond acceptors (Lipinski definition) is 3. The molecule has 0 bridgehead atoms. The smallest absolute Gasteiger partial charge is 0.243 e. The lowest BCUT2D eigenvalue weighted by molar-refractivity contribution is -0.121. The number of benzene rings is 2. The predicted octanol–water partition coefficient (Wildman–Crippen LogP) is 2.75. The molecule has 140 valence electrons. The van der Waals surface area contributed by atoms with Gasteiger partial charge in [-0.1, -0.05) is 55.0 Å². The maximum Gasteiger partial charge on any atom is 0.243 e. The zero-order valence-electron chi connectivity index (χ0n) is 15.3. The van der Waals surface area contributed by atoms with Crippen LogP contribution in [0, 0.1) is 6.92 Å². The van der Waals surface area contributed by atoms with Crippen molar-refractivity contribution in [3.63, 3.8) is 0 Å². The molecule has 0 heterocycles. The molecule has 2 rings (SSSR count). The SMILES string of the molecule is CCN(CCC(=O)NCCc1ccc(C)cc1)S(=O)(=O)c1ccccc1. The second-order valence-corrected chi connectivity index (χ2v) is 8.08. The van der Waals surface area contributed by atoms with E-state index in [0.717, 1.165) is 12.0 Å². The van der Waals surface area contributed by atoms with Crippen LogP contribution in [0.4, 0.5) is 0 Å². The summed E-state index contributed by atoms with van der Waals surface area (Å²) in [5.41, 5.74) is 2.37. The number of carbonyl (C=O) groups is 1. The van der Waals surface area contributed by atoms with Crippen LogP contribution in [-0.4, -0.2) is 38.3 Å². The van der Waals surface area contributed by atoms with Crippen molar-refractivity contribution < 1.29 is 13.2 Å². The van der Waals surface area contributed by atoms with Gasteiger partial charge in [-0.2, -0.15) is 4.31 Å². The molecule has 1 amide bonds. The van der Waals surface area contributed by atoms with E-state index < -0.39 is 10.0 Å². The molecule has 0 saturated carbocycles. The van der Waals surface area contributed by atoms with E-state index in [1.54, 1.807) is 37.3 Å². The Morgan fingerprint density at radius 1 is 1.04 bits per heavy atom. The molecule has 0 aliphatic heterocycles. The molecule has 0 spiro atoms. The first-order valence-electron chi connectivity index (χ1n) is 8.81. The highest BCUT2D eigenvalue weighted by atomic mass is 32.2. The van der Waals surface area contributed by atoms with Gasteiger partial charge in [0, 0.05) is 26.1 Å². The summed E-state index contributed by atoms with van der Waals surface area (Å²) in [5, 5.41) is 2.86. The normalized spacial score (nSPS) is 11.5. The lowest BCUT2D eigenvalue weighted by Crippen LogP contribution is -2.35. The molecular formula is C20H26N2O3S. The van der Waals surface area contributed by atoms with Crippen LogP contribution in [0.5, 0.6) is 0 Å². The monoisotopic (exact) mass is 374 g/mol. The van der Waals surface area contributed by atoms with Gasteiger partial charge in [0.2, 0.25) is 15.9 Å². The first-order valence-corrected chi connectivity index (χ1v) is 10.2. The molecule has 0 aliphatic carbocycles. The van der Waals surface area contributed by atoms with Crippen molar-refractivity contribution in [2.45, 2.75) is 31.6 Å².